The fraction of sp³-hybridized carbons (Fsp3) is 0.382. The lowest BCUT2D eigenvalue weighted by atomic mass is 9.61. The van der Waals surface area contributed by atoms with Gasteiger partial charge >= 0.3 is 0 Å². The maximum Gasteiger partial charge on any atom is 0.235 e. The van der Waals surface area contributed by atoms with Crippen LogP contribution in [0.1, 0.15) is 45.6 Å². The number of ketones is 1. The number of ether oxygens (including phenoxy) is 4. The second-order valence-electron chi connectivity index (χ2n) is 10.8. The number of anilines is 2. The second-order valence-corrected chi connectivity index (χ2v) is 11.6. The van der Waals surface area contributed by atoms with Gasteiger partial charge in [-0.2, -0.15) is 0 Å². The van der Waals surface area contributed by atoms with Crippen LogP contribution in [-0.4, -0.2) is 55.2 Å². The summed E-state index contributed by atoms with van der Waals surface area (Å²) in [5.74, 6) is -3.80. The fourth-order valence-corrected chi connectivity index (χ4v) is 6.48. The van der Waals surface area contributed by atoms with Crippen LogP contribution in [0, 0.1) is 11.8 Å². The van der Waals surface area contributed by atoms with Crippen molar-refractivity contribution in [3.63, 3.8) is 0 Å². The molecule has 1 saturated carbocycles. The van der Waals surface area contributed by atoms with Gasteiger partial charge in [0.15, 0.2) is 11.5 Å². The molecule has 1 fully saturated rings. The number of carbonyl (C=O) groups is 3. The molecule has 1 aliphatic carbocycles. The monoisotopic (exact) mass is 682 g/mol. The number of benzene rings is 3. The summed E-state index contributed by atoms with van der Waals surface area (Å²) in [6.45, 7) is 7.96. The van der Waals surface area contributed by atoms with Gasteiger partial charge in [-0.05, 0) is 85.6 Å². The number of nitrogens with one attached hydrogen (secondary N) is 2. The Kier molecular flexibility index (Phi) is 11.1. The van der Waals surface area contributed by atoms with Crippen LogP contribution < -0.4 is 29.6 Å². The molecule has 0 aromatic heterocycles. The largest absolute Gasteiger partial charge is 0.492 e. The highest BCUT2D eigenvalue weighted by Crippen LogP contribution is 2.50. The Hall–Kier alpha value is -4.09. The van der Waals surface area contributed by atoms with E-state index in [4.69, 9.17) is 18.9 Å². The van der Waals surface area contributed by atoms with Crippen molar-refractivity contribution < 1.29 is 38.4 Å². The standard InChI is InChI=1S/C34H39BrN2O8/c1-6-43-25-15-11-9-13-22(25)36-32(39)29-24(38)19-34(4,41)30(33(40)37-23-14-10-12-16-26(23)44-7-2)28(29)20-17-21(35)31(42-5)27(18-20)45-8-3/h9-18,28-30,41H,6-8,19H2,1-5H3,(H,36,39)(H,37,40). The molecule has 0 heterocycles. The topological polar surface area (TPSA) is 132 Å². The number of amides is 2. The quantitative estimate of drug-likeness (QED) is 0.199. The molecule has 0 saturated heterocycles. The molecular formula is C34H39BrN2O8. The van der Waals surface area contributed by atoms with Gasteiger partial charge in [0, 0.05) is 12.3 Å². The Morgan fingerprint density at radius 2 is 1.38 bits per heavy atom. The summed E-state index contributed by atoms with van der Waals surface area (Å²) in [6, 6.07) is 17.2. The lowest BCUT2D eigenvalue weighted by Crippen LogP contribution is -2.56. The highest BCUT2D eigenvalue weighted by molar-refractivity contribution is 9.10. The third-order valence-corrected chi connectivity index (χ3v) is 8.23. The van der Waals surface area contributed by atoms with Crippen LogP contribution in [0.4, 0.5) is 11.4 Å². The number of para-hydroxylation sites is 4. The zero-order chi connectivity index (χ0) is 32.7. The molecule has 3 aromatic rings. The van der Waals surface area contributed by atoms with Crippen LogP contribution in [0.25, 0.3) is 0 Å². The third kappa shape index (κ3) is 7.42. The van der Waals surface area contributed by atoms with Crippen molar-refractivity contribution in [1.29, 1.82) is 0 Å². The van der Waals surface area contributed by atoms with Crippen molar-refractivity contribution in [2.75, 3.05) is 37.6 Å². The van der Waals surface area contributed by atoms with Gasteiger partial charge in [0.1, 0.15) is 23.2 Å². The lowest BCUT2D eigenvalue weighted by Gasteiger charge is -2.44. The maximum absolute atomic E-state index is 14.3. The predicted octanol–water partition coefficient (Wildman–Crippen LogP) is 5.97. The van der Waals surface area contributed by atoms with Crippen molar-refractivity contribution in [1.82, 2.24) is 0 Å². The van der Waals surface area contributed by atoms with E-state index >= 15 is 0 Å². The molecule has 4 rings (SSSR count). The SMILES string of the molecule is CCOc1ccccc1NC(=O)C1C(=O)CC(C)(O)C(C(=O)Nc2ccccc2OCC)C1c1cc(Br)c(OC)c(OCC)c1. The molecule has 45 heavy (non-hydrogen) atoms. The van der Waals surface area contributed by atoms with Crippen LogP contribution in [0.2, 0.25) is 0 Å². The van der Waals surface area contributed by atoms with Gasteiger partial charge in [0.05, 0.1) is 54.3 Å². The summed E-state index contributed by atoms with van der Waals surface area (Å²) >= 11 is 3.53. The number of carbonyl (C=O) groups excluding carboxylic acids is 3. The molecule has 3 N–H and O–H groups in total. The molecule has 3 aromatic carbocycles. The number of Topliss-reactive ketones (excluding diaryl/α,β-unsaturated/α-hetero) is 1. The minimum absolute atomic E-state index is 0.309. The number of methoxy groups -OCH3 is 1. The normalized spacial score (nSPS) is 21.0. The highest BCUT2D eigenvalue weighted by Gasteiger charge is 2.56. The van der Waals surface area contributed by atoms with Crippen molar-refractivity contribution in [2.24, 2.45) is 11.8 Å². The molecule has 4 unspecified atom stereocenters. The van der Waals surface area contributed by atoms with Gasteiger partial charge in [0.2, 0.25) is 11.8 Å². The predicted molar refractivity (Wildman–Crippen MR) is 174 cm³/mol. The number of hydrogen-bond acceptors (Lipinski definition) is 8. The van der Waals surface area contributed by atoms with Gasteiger partial charge < -0.3 is 34.7 Å². The Morgan fingerprint density at radius 3 is 1.91 bits per heavy atom. The van der Waals surface area contributed by atoms with Gasteiger partial charge in [-0.1, -0.05) is 24.3 Å². The number of aliphatic hydroxyl groups is 1. The number of hydrogen-bond donors (Lipinski definition) is 3. The van der Waals surface area contributed by atoms with E-state index in [1.165, 1.54) is 14.0 Å². The first kappa shape index (κ1) is 33.8. The zero-order valence-electron chi connectivity index (χ0n) is 26.0. The number of halogens is 1. The molecule has 1 aliphatic rings. The zero-order valence-corrected chi connectivity index (χ0v) is 27.6. The molecule has 11 heteroatoms. The fourth-order valence-electron chi connectivity index (χ4n) is 5.86. The van der Waals surface area contributed by atoms with Crippen molar-refractivity contribution in [2.45, 2.75) is 45.6 Å². The van der Waals surface area contributed by atoms with Crippen LogP contribution in [-0.2, 0) is 14.4 Å². The molecule has 10 nitrogen and oxygen atoms in total. The van der Waals surface area contributed by atoms with Crippen LogP contribution in [0.3, 0.4) is 0 Å². The van der Waals surface area contributed by atoms with E-state index in [0.29, 0.717) is 64.2 Å². The lowest BCUT2D eigenvalue weighted by molar-refractivity contribution is -0.150. The Labute approximate surface area is 271 Å². The van der Waals surface area contributed by atoms with E-state index < -0.39 is 47.4 Å². The summed E-state index contributed by atoms with van der Waals surface area (Å²) in [7, 11) is 1.50. The first-order valence-electron chi connectivity index (χ1n) is 14.9. The summed E-state index contributed by atoms with van der Waals surface area (Å²) in [6.07, 6.45) is -0.421. The highest BCUT2D eigenvalue weighted by atomic mass is 79.9. The summed E-state index contributed by atoms with van der Waals surface area (Å²) < 4.78 is 23.3. The Morgan fingerprint density at radius 1 is 0.867 bits per heavy atom. The summed E-state index contributed by atoms with van der Waals surface area (Å²) in [5, 5.41) is 17.5. The Bertz CT molecular complexity index is 1540. The van der Waals surface area contributed by atoms with E-state index in [1.807, 2.05) is 20.8 Å². The van der Waals surface area contributed by atoms with E-state index in [-0.39, 0.29) is 0 Å². The van der Waals surface area contributed by atoms with Gasteiger partial charge in [-0.25, -0.2) is 0 Å². The summed E-state index contributed by atoms with van der Waals surface area (Å²) in [5.41, 5.74) is -0.611. The molecule has 0 radical (unpaired) electrons. The van der Waals surface area contributed by atoms with E-state index in [1.54, 1.807) is 60.7 Å². The molecule has 2 amide bonds. The third-order valence-electron chi connectivity index (χ3n) is 7.64. The average molecular weight is 684 g/mol. The molecular weight excluding hydrogens is 644 g/mol. The Balaban J connectivity index is 1.87. The van der Waals surface area contributed by atoms with Crippen molar-refractivity contribution >= 4 is 44.9 Å². The van der Waals surface area contributed by atoms with Crippen molar-refractivity contribution in [3.05, 3.63) is 70.7 Å². The smallest absolute Gasteiger partial charge is 0.235 e. The number of rotatable bonds is 12. The van der Waals surface area contributed by atoms with E-state index in [9.17, 15) is 19.5 Å². The van der Waals surface area contributed by atoms with Crippen LogP contribution in [0.15, 0.2) is 65.1 Å². The first-order chi connectivity index (χ1) is 21.6. The first-order valence-corrected chi connectivity index (χ1v) is 15.7. The molecule has 240 valence electrons. The van der Waals surface area contributed by atoms with E-state index in [0.717, 1.165) is 0 Å². The van der Waals surface area contributed by atoms with Crippen LogP contribution >= 0.6 is 15.9 Å². The molecule has 4 atom stereocenters. The minimum Gasteiger partial charge on any atom is -0.492 e. The molecule has 0 spiro atoms. The molecule has 0 bridgehead atoms. The minimum atomic E-state index is -1.81. The van der Waals surface area contributed by atoms with Gasteiger partial charge in [-0.15, -0.1) is 0 Å². The maximum atomic E-state index is 14.3. The van der Waals surface area contributed by atoms with E-state index in [2.05, 4.69) is 26.6 Å². The van der Waals surface area contributed by atoms with Crippen molar-refractivity contribution in [3.8, 4) is 23.0 Å². The van der Waals surface area contributed by atoms with Crippen LogP contribution in [0.5, 0.6) is 23.0 Å². The summed E-state index contributed by atoms with van der Waals surface area (Å²) in [4.78, 5) is 42.2. The van der Waals surface area contributed by atoms with Gasteiger partial charge in [0.25, 0.3) is 0 Å². The van der Waals surface area contributed by atoms with Gasteiger partial charge in [-0.3, -0.25) is 14.4 Å². The second kappa shape index (κ2) is 14.8. The molecule has 0 aliphatic heterocycles. The average Bonchev–Trinajstić information content (AvgIpc) is 2.98.